The first kappa shape index (κ1) is 4.73. The molecule has 1 rings (SSSR count). The molecule has 1 aliphatic rings. The average molecular weight is 151 g/mol. The maximum atomic E-state index is 7.02. The summed E-state index contributed by atoms with van der Waals surface area (Å²) in [6.45, 7) is -0.998. The molecule has 0 fully saturated rings. The fourth-order valence-corrected chi connectivity index (χ4v) is 0.901. The Labute approximate surface area is 67.2 Å². The smallest absolute Gasteiger partial charge is 0.0388 e. The lowest BCUT2D eigenvalue weighted by atomic mass is 10.1. The van der Waals surface area contributed by atoms with Crippen LogP contribution in [0.3, 0.4) is 0 Å². The molecule has 2 heteroatoms. The van der Waals surface area contributed by atoms with Gasteiger partial charge in [-0.1, -0.05) is 6.85 Å². The predicted octanol–water partition coefficient (Wildman–Crippen LogP) is 2.44. The van der Waals surface area contributed by atoms with Crippen LogP contribution in [0.1, 0.15) is 36.6 Å². The minimum absolute atomic E-state index is 0. The number of hydrogen-bond acceptors (Lipinski definition) is 1. The van der Waals surface area contributed by atoms with Gasteiger partial charge in [-0.15, -0.1) is 12.4 Å². The summed E-state index contributed by atoms with van der Waals surface area (Å²) in [5.74, 6) is 0. The van der Waals surface area contributed by atoms with Gasteiger partial charge in [-0.05, 0) is 25.7 Å². The van der Waals surface area contributed by atoms with E-state index in [4.69, 9.17) is 4.11 Å². The summed E-state index contributed by atoms with van der Waals surface area (Å²) in [5.41, 5.74) is 0.885. The number of aliphatic imine (C=N–C) groups is 1. The molecular formula is C7H14ClN. The topological polar surface area (TPSA) is 12.4 Å². The molecule has 0 aromatic rings. The van der Waals surface area contributed by atoms with Crippen LogP contribution in [0.25, 0.3) is 0 Å². The van der Waals surface area contributed by atoms with Gasteiger partial charge in [-0.3, -0.25) is 4.99 Å². The number of rotatable bonds is 1. The first-order valence-corrected chi connectivity index (χ1v) is 3.10. The minimum atomic E-state index is -1.82. The first-order valence-electron chi connectivity index (χ1n) is 4.60. The van der Waals surface area contributed by atoms with Crippen LogP contribution in [0.2, 0.25) is 0 Å². The van der Waals surface area contributed by atoms with Crippen LogP contribution in [0, 0.1) is 0 Å². The van der Waals surface area contributed by atoms with Gasteiger partial charge < -0.3 is 0 Å². The highest BCUT2D eigenvalue weighted by atomic mass is 35.5. The third-order valence-corrected chi connectivity index (χ3v) is 1.41. The summed E-state index contributed by atoms with van der Waals surface area (Å²) >= 11 is 0. The van der Waals surface area contributed by atoms with Crippen molar-refractivity contribution in [2.45, 2.75) is 32.5 Å². The molecule has 1 heterocycles. The van der Waals surface area contributed by atoms with E-state index in [0.29, 0.717) is 0 Å². The van der Waals surface area contributed by atoms with Gasteiger partial charge in [0, 0.05) is 16.4 Å². The monoisotopic (exact) mass is 150 g/mol. The minimum Gasteiger partial charge on any atom is -0.294 e. The van der Waals surface area contributed by atoms with Crippen LogP contribution in [-0.2, 0) is 0 Å². The van der Waals surface area contributed by atoms with Gasteiger partial charge in [0.1, 0.15) is 0 Å². The molecule has 1 nitrogen and oxygen atoms in total. The molecule has 0 aromatic heterocycles. The van der Waals surface area contributed by atoms with Crippen molar-refractivity contribution in [3.8, 4) is 0 Å². The lowest BCUT2D eigenvalue weighted by molar-refractivity contribution is 0.728. The zero-order chi connectivity index (χ0) is 8.32. The van der Waals surface area contributed by atoms with E-state index in [1.54, 1.807) is 0 Å². The number of hydrogen-bond donors (Lipinski definition) is 0. The highest BCUT2D eigenvalue weighted by molar-refractivity contribution is 5.85. The number of halogens is 1. The Morgan fingerprint density at radius 1 is 1.67 bits per heavy atom. The predicted molar refractivity (Wildman–Crippen MR) is 43.7 cm³/mol. The van der Waals surface area contributed by atoms with Crippen LogP contribution < -0.4 is 0 Å². The van der Waals surface area contributed by atoms with Crippen molar-refractivity contribution < 1.29 is 4.11 Å². The quantitative estimate of drug-likeness (QED) is 0.545. The van der Waals surface area contributed by atoms with E-state index in [1.807, 2.05) is 0 Å². The van der Waals surface area contributed by atoms with Gasteiger partial charge in [0.2, 0.25) is 0 Å². The fraction of sp³-hybridized carbons (Fsp3) is 0.857. The maximum Gasteiger partial charge on any atom is 0.0388 e. The second-order valence-corrected chi connectivity index (χ2v) is 2.08. The molecule has 54 valence electrons. The summed E-state index contributed by atoms with van der Waals surface area (Å²) in [6, 6.07) is 0. The maximum absolute atomic E-state index is 7.02. The van der Waals surface area contributed by atoms with Crippen molar-refractivity contribution in [2.75, 3.05) is 6.54 Å². The van der Waals surface area contributed by atoms with Gasteiger partial charge in [-0.25, -0.2) is 0 Å². The highest BCUT2D eigenvalue weighted by Gasteiger charge is 2.00. The molecule has 0 N–H and O–H groups in total. The van der Waals surface area contributed by atoms with Crippen molar-refractivity contribution >= 4 is 18.1 Å². The van der Waals surface area contributed by atoms with Crippen molar-refractivity contribution in [3.05, 3.63) is 0 Å². The second-order valence-electron chi connectivity index (χ2n) is 2.08. The van der Waals surface area contributed by atoms with Crippen LogP contribution in [-0.4, -0.2) is 12.3 Å². The summed E-state index contributed by atoms with van der Waals surface area (Å²) in [5, 5.41) is 0. The Hall–Kier alpha value is -0.0400. The zero-order valence-corrected chi connectivity index (χ0v) is 6.21. The Morgan fingerprint density at radius 2 is 2.56 bits per heavy atom. The molecule has 0 spiro atoms. The van der Waals surface area contributed by atoms with E-state index in [2.05, 4.69) is 4.99 Å². The lowest BCUT2D eigenvalue weighted by Gasteiger charge is -2.08. The van der Waals surface area contributed by atoms with Crippen molar-refractivity contribution in [1.82, 2.24) is 0 Å². The van der Waals surface area contributed by atoms with E-state index >= 15 is 0 Å². The highest BCUT2D eigenvalue weighted by Crippen LogP contribution is 2.07. The molecule has 0 saturated carbocycles. The van der Waals surface area contributed by atoms with Crippen LogP contribution in [0.4, 0.5) is 0 Å². The largest absolute Gasteiger partial charge is 0.294 e. The van der Waals surface area contributed by atoms with Gasteiger partial charge >= 0.3 is 0 Å². The average Bonchev–Trinajstić information content (AvgIpc) is 1.85. The Balaban J connectivity index is 0.00000121. The van der Waals surface area contributed by atoms with Crippen LogP contribution in [0.5, 0.6) is 0 Å². The molecule has 9 heavy (non-hydrogen) atoms. The molecule has 0 aromatic carbocycles. The summed E-state index contributed by atoms with van der Waals surface area (Å²) in [6.07, 6.45) is 3.30. The number of nitrogens with zero attached hydrogens (tertiary/aromatic N) is 1. The molecule has 0 atom stereocenters. The summed E-state index contributed by atoms with van der Waals surface area (Å²) in [7, 11) is 0. The normalized spacial score (nSPS) is 24.4. The van der Waals surface area contributed by atoms with Crippen LogP contribution in [0.15, 0.2) is 4.99 Å². The molecule has 0 saturated heterocycles. The fourth-order valence-electron chi connectivity index (χ4n) is 0.901. The van der Waals surface area contributed by atoms with Gasteiger partial charge in [0.05, 0.1) is 0 Å². The molecule has 0 amide bonds. The molecular weight excluding hydrogens is 134 g/mol. The van der Waals surface area contributed by atoms with E-state index in [-0.39, 0.29) is 18.8 Å². The molecule has 1 aliphatic heterocycles. The van der Waals surface area contributed by atoms with Crippen molar-refractivity contribution in [3.63, 3.8) is 0 Å². The first-order chi connectivity index (χ1) is 5.08. The van der Waals surface area contributed by atoms with E-state index in [9.17, 15) is 0 Å². The Morgan fingerprint density at radius 3 is 3.11 bits per heavy atom. The van der Waals surface area contributed by atoms with E-state index < -0.39 is 6.85 Å². The third-order valence-electron chi connectivity index (χ3n) is 1.41. The molecule has 0 bridgehead atoms. The Bertz CT molecular complexity index is 165. The third kappa shape index (κ3) is 2.85. The SMILES string of the molecule is Cl.[2H]C([2H])([2H])CC1=NCCCC1. The lowest BCUT2D eigenvalue weighted by Crippen LogP contribution is -2.03. The summed E-state index contributed by atoms with van der Waals surface area (Å²) in [4.78, 5) is 4.17. The summed E-state index contributed by atoms with van der Waals surface area (Å²) < 4.78 is 21.1. The van der Waals surface area contributed by atoms with Gasteiger partial charge in [0.25, 0.3) is 0 Å². The Kier molecular flexibility index (Phi) is 2.52. The van der Waals surface area contributed by atoms with Crippen LogP contribution >= 0.6 is 12.4 Å². The van der Waals surface area contributed by atoms with Crippen molar-refractivity contribution in [2.24, 2.45) is 4.99 Å². The zero-order valence-electron chi connectivity index (χ0n) is 8.39. The van der Waals surface area contributed by atoms with Gasteiger partial charge in [0.15, 0.2) is 0 Å². The van der Waals surface area contributed by atoms with E-state index in [1.165, 1.54) is 0 Å². The van der Waals surface area contributed by atoms with Gasteiger partial charge in [-0.2, -0.15) is 0 Å². The van der Waals surface area contributed by atoms with Crippen molar-refractivity contribution in [1.29, 1.82) is 0 Å². The van der Waals surface area contributed by atoms with E-state index in [0.717, 1.165) is 31.5 Å². The second kappa shape index (κ2) is 4.80. The standard InChI is InChI=1S/C7H13N.ClH/c1-2-7-5-3-4-6-8-7;/h2-6H2,1H3;1H/i1D3;. The molecule has 0 aliphatic carbocycles. The molecule has 0 radical (unpaired) electrons. The molecule has 0 unspecified atom stereocenters.